The second-order valence-corrected chi connectivity index (χ2v) is 14.8. The normalized spacial score (nSPS) is 13.6. The molecule has 1 amide bonds. The van der Waals surface area contributed by atoms with Gasteiger partial charge in [0.05, 0.1) is 12.7 Å². The van der Waals surface area contributed by atoms with E-state index in [9.17, 15) is 15.0 Å². The summed E-state index contributed by atoms with van der Waals surface area (Å²) >= 11 is 0. The van der Waals surface area contributed by atoms with Gasteiger partial charge in [0, 0.05) is 19.5 Å². The third-order valence-electron chi connectivity index (χ3n) is 10.0. The standard InChI is InChI=1S/C41H83NO3/c1-5-8-10-12-14-15-16-17-18-19-20-21-22-23-25-27-29-32-39(30-7-3)33-34-42(36-40(44)37-43)41(45)35-38(4)31-28-26-24-13-11-9-6-2/h38-40,43-44H,5-37H2,1-4H3. The number of unbranched alkanes of at least 4 members (excludes halogenated alkanes) is 22. The van der Waals surface area contributed by atoms with Crippen molar-refractivity contribution in [2.75, 3.05) is 19.7 Å². The van der Waals surface area contributed by atoms with Gasteiger partial charge in [0.15, 0.2) is 0 Å². The van der Waals surface area contributed by atoms with E-state index in [1.807, 2.05) is 4.90 Å². The number of hydrogen-bond acceptors (Lipinski definition) is 3. The molecule has 0 heterocycles. The summed E-state index contributed by atoms with van der Waals surface area (Å²) in [7, 11) is 0. The van der Waals surface area contributed by atoms with Crippen LogP contribution in [0.4, 0.5) is 0 Å². The number of aliphatic hydroxyl groups excluding tert-OH is 2. The molecule has 0 saturated carbocycles. The molecule has 0 aliphatic rings. The summed E-state index contributed by atoms with van der Waals surface area (Å²) in [5.41, 5.74) is 0. The minimum atomic E-state index is -0.845. The third-order valence-corrected chi connectivity index (χ3v) is 10.0. The Balaban J connectivity index is 4.13. The molecule has 0 fully saturated rings. The van der Waals surface area contributed by atoms with Crippen molar-refractivity contribution in [2.45, 2.75) is 226 Å². The van der Waals surface area contributed by atoms with Gasteiger partial charge in [0.2, 0.25) is 5.91 Å². The molecule has 0 saturated heterocycles. The fourth-order valence-corrected chi connectivity index (χ4v) is 6.95. The van der Waals surface area contributed by atoms with E-state index in [0.717, 1.165) is 12.8 Å². The number of nitrogens with zero attached hydrogens (tertiary/aromatic N) is 1. The quantitative estimate of drug-likeness (QED) is 0.0672. The van der Waals surface area contributed by atoms with Gasteiger partial charge in [-0.1, -0.05) is 207 Å². The fourth-order valence-electron chi connectivity index (χ4n) is 6.95. The van der Waals surface area contributed by atoms with E-state index in [1.54, 1.807) is 0 Å². The van der Waals surface area contributed by atoms with Crippen LogP contribution in [0.1, 0.15) is 220 Å². The predicted molar refractivity (Wildman–Crippen MR) is 198 cm³/mol. The van der Waals surface area contributed by atoms with E-state index >= 15 is 0 Å². The molecule has 0 radical (unpaired) electrons. The molecule has 0 bridgehead atoms. The topological polar surface area (TPSA) is 60.8 Å². The lowest BCUT2D eigenvalue weighted by molar-refractivity contribution is -0.134. The molecule has 3 unspecified atom stereocenters. The van der Waals surface area contributed by atoms with Crippen LogP contribution in [0.2, 0.25) is 0 Å². The lowest BCUT2D eigenvalue weighted by Crippen LogP contribution is -2.40. The molecule has 0 aromatic carbocycles. The molecule has 0 aliphatic carbocycles. The van der Waals surface area contributed by atoms with Crippen LogP contribution in [-0.4, -0.2) is 46.8 Å². The van der Waals surface area contributed by atoms with E-state index in [2.05, 4.69) is 27.7 Å². The molecule has 0 aliphatic heterocycles. The first-order valence-electron chi connectivity index (χ1n) is 20.5. The van der Waals surface area contributed by atoms with Gasteiger partial charge in [0.25, 0.3) is 0 Å². The summed E-state index contributed by atoms with van der Waals surface area (Å²) in [5, 5.41) is 19.6. The summed E-state index contributed by atoms with van der Waals surface area (Å²) in [5.74, 6) is 1.19. The van der Waals surface area contributed by atoms with E-state index in [1.165, 1.54) is 173 Å². The van der Waals surface area contributed by atoms with Crippen molar-refractivity contribution >= 4 is 5.91 Å². The van der Waals surface area contributed by atoms with Crippen LogP contribution in [-0.2, 0) is 4.79 Å². The summed E-state index contributed by atoms with van der Waals surface area (Å²) in [6.07, 6.45) is 38.5. The zero-order valence-electron chi connectivity index (χ0n) is 31.3. The summed E-state index contributed by atoms with van der Waals surface area (Å²) in [6.45, 7) is 9.71. The van der Waals surface area contributed by atoms with Crippen molar-refractivity contribution in [1.29, 1.82) is 0 Å². The number of rotatable bonds is 36. The molecule has 0 aromatic rings. The molecular weight excluding hydrogens is 554 g/mol. The van der Waals surface area contributed by atoms with Crippen LogP contribution in [0.25, 0.3) is 0 Å². The van der Waals surface area contributed by atoms with E-state index in [-0.39, 0.29) is 19.1 Å². The van der Waals surface area contributed by atoms with Crippen LogP contribution in [0.15, 0.2) is 0 Å². The fraction of sp³-hybridized carbons (Fsp3) is 0.976. The Morgan fingerprint density at radius 2 is 0.933 bits per heavy atom. The van der Waals surface area contributed by atoms with Crippen LogP contribution in [0, 0.1) is 11.8 Å². The summed E-state index contributed by atoms with van der Waals surface area (Å²) < 4.78 is 0. The van der Waals surface area contributed by atoms with Gasteiger partial charge >= 0.3 is 0 Å². The first-order valence-corrected chi connectivity index (χ1v) is 20.5. The Morgan fingerprint density at radius 3 is 1.33 bits per heavy atom. The lowest BCUT2D eigenvalue weighted by atomic mass is 9.92. The number of carbonyl (C=O) groups excluding carboxylic acids is 1. The van der Waals surface area contributed by atoms with Crippen molar-refractivity contribution in [3.05, 3.63) is 0 Å². The number of carbonyl (C=O) groups is 1. The molecule has 4 heteroatoms. The van der Waals surface area contributed by atoms with Gasteiger partial charge in [-0.05, 0) is 18.3 Å². The molecule has 4 nitrogen and oxygen atoms in total. The smallest absolute Gasteiger partial charge is 0.222 e. The van der Waals surface area contributed by atoms with Gasteiger partial charge in [-0.25, -0.2) is 0 Å². The SMILES string of the molecule is CCCCCCCCCCCCCCCCCCCC(CCC)CCN(CC(O)CO)C(=O)CC(C)CCCCCCCCC. The molecule has 45 heavy (non-hydrogen) atoms. The van der Waals surface area contributed by atoms with Crippen LogP contribution >= 0.6 is 0 Å². The van der Waals surface area contributed by atoms with E-state index < -0.39 is 6.10 Å². The van der Waals surface area contributed by atoms with Gasteiger partial charge in [-0.3, -0.25) is 4.79 Å². The maximum Gasteiger partial charge on any atom is 0.222 e. The number of aliphatic hydroxyl groups is 2. The maximum atomic E-state index is 13.2. The number of amides is 1. The van der Waals surface area contributed by atoms with Crippen molar-refractivity contribution in [1.82, 2.24) is 4.90 Å². The Bertz CT molecular complexity index is 597. The second-order valence-electron chi connectivity index (χ2n) is 14.8. The highest BCUT2D eigenvalue weighted by Crippen LogP contribution is 2.22. The van der Waals surface area contributed by atoms with Gasteiger partial charge in [0.1, 0.15) is 0 Å². The van der Waals surface area contributed by atoms with Crippen molar-refractivity contribution in [2.24, 2.45) is 11.8 Å². The first kappa shape index (κ1) is 44.4. The zero-order valence-corrected chi connectivity index (χ0v) is 31.3. The Hall–Kier alpha value is -0.610. The minimum absolute atomic E-state index is 0.158. The second kappa shape index (κ2) is 34.7. The zero-order chi connectivity index (χ0) is 33.2. The Labute approximate surface area is 283 Å². The van der Waals surface area contributed by atoms with Crippen LogP contribution in [0.3, 0.4) is 0 Å². The highest BCUT2D eigenvalue weighted by molar-refractivity contribution is 5.76. The number of hydrogen-bond donors (Lipinski definition) is 2. The van der Waals surface area contributed by atoms with Gasteiger partial charge in [-0.2, -0.15) is 0 Å². The Kier molecular flexibility index (Phi) is 34.2. The molecule has 3 atom stereocenters. The summed E-state index contributed by atoms with van der Waals surface area (Å²) in [4.78, 5) is 15.1. The highest BCUT2D eigenvalue weighted by Gasteiger charge is 2.21. The largest absolute Gasteiger partial charge is 0.394 e. The molecular formula is C41H83NO3. The van der Waals surface area contributed by atoms with Gasteiger partial charge < -0.3 is 15.1 Å². The first-order chi connectivity index (χ1) is 22.0. The average Bonchev–Trinajstić information content (AvgIpc) is 3.03. The van der Waals surface area contributed by atoms with E-state index in [0.29, 0.717) is 24.8 Å². The highest BCUT2D eigenvalue weighted by atomic mass is 16.3. The molecule has 0 aromatic heterocycles. The Morgan fingerprint density at radius 1 is 0.533 bits per heavy atom. The monoisotopic (exact) mass is 638 g/mol. The van der Waals surface area contributed by atoms with Crippen molar-refractivity contribution < 1.29 is 15.0 Å². The molecule has 0 rings (SSSR count). The average molecular weight is 638 g/mol. The molecule has 270 valence electrons. The van der Waals surface area contributed by atoms with Gasteiger partial charge in [-0.15, -0.1) is 0 Å². The van der Waals surface area contributed by atoms with E-state index in [4.69, 9.17) is 0 Å². The lowest BCUT2D eigenvalue weighted by Gasteiger charge is -2.28. The minimum Gasteiger partial charge on any atom is -0.394 e. The van der Waals surface area contributed by atoms with Crippen molar-refractivity contribution in [3.8, 4) is 0 Å². The molecule has 2 N–H and O–H groups in total. The predicted octanol–water partition coefficient (Wildman–Crippen LogP) is 12.2. The maximum absolute atomic E-state index is 13.2. The molecule has 0 spiro atoms. The van der Waals surface area contributed by atoms with Crippen molar-refractivity contribution in [3.63, 3.8) is 0 Å². The third kappa shape index (κ3) is 30.5. The summed E-state index contributed by atoms with van der Waals surface area (Å²) in [6, 6.07) is 0. The van der Waals surface area contributed by atoms with Crippen LogP contribution < -0.4 is 0 Å². The van der Waals surface area contributed by atoms with Crippen LogP contribution in [0.5, 0.6) is 0 Å².